The molecule has 0 aliphatic heterocycles. The summed E-state index contributed by atoms with van der Waals surface area (Å²) in [6.45, 7) is 1.38. The number of methoxy groups -OCH3 is 1. The molecule has 0 spiro atoms. The number of benzene rings is 2. The van der Waals surface area contributed by atoms with E-state index in [9.17, 15) is 19.5 Å². The van der Waals surface area contributed by atoms with Crippen molar-refractivity contribution in [3.8, 4) is 11.5 Å². The lowest BCUT2D eigenvalue weighted by Gasteiger charge is -2.07. The van der Waals surface area contributed by atoms with Crippen molar-refractivity contribution in [3.63, 3.8) is 0 Å². The summed E-state index contributed by atoms with van der Waals surface area (Å²) in [5.41, 5.74) is 3.57. The van der Waals surface area contributed by atoms with Gasteiger partial charge in [-0.1, -0.05) is 0 Å². The fourth-order valence-electron chi connectivity index (χ4n) is 2.07. The maximum Gasteiger partial charge on any atom is 0.329 e. The third kappa shape index (κ3) is 5.81. The predicted molar refractivity (Wildman–Crippen MR) is 107 cm³/mol. The summed E-state index contributed by atoms with van der Waals surface area (Å²) in [5, 5.41) is 18.5. The molecule has 2 aromatic rings. The highest BCUT2D eigenvalue weighted by atomic mass is 79.9. The topological polar surface area (TPSA) is 129 Å². The number of hydrazone groups is 1. The number of amides is 3. The van der Waals surface area contributed by atoms with Gasteiger partial charge in [0.25, 0.3) is 0 Å². The van der Waals surface area contributed by atoms with Gasteiger partial charge in [0.05, 0.1) is 17.8 Å². The SMILES string of the molecule is COc1cc(/C=N/NC(=O)C(=O)Nc2ccc(NC(C)=O)cc2)cc(Br)c1O. The van der Waals surface area contributed by atoms with Crippen molar-refractivity contribution in [1.29, 1.82) is 0 Å². The summed E-state index contributed by atoms with van der Waals surface area (Å²) in [7, 11) is 1.40. The van der Waals surface area contributed by atoms with Crippen LogP contribution in [0.4, 0.5) is 11.4 Å². The fraction of sp³-hybridized carbons (Fsp3) is 0.111. The summed E-state index contributed by atoms with van der Waals surface area (Å²) in [4.78, 5) is 34.7. The van der Waals surface area contributed by atoms with Gasteiger partial charge < -0.3 is 20.5 Å². The maximum atomic E-state index is 11.9. The smallest absolute Gasteiger partial charge is 0.329 e. The van der Waals surface area contributed by atoms with E-state index in [1.54, 1.807) is 30.3 Å². The first-order valence-corrected chi connectivity index (χ1v) is 8.68. The molecule has 0 unspecified atom stereocenters. The molecule has 4 N–H and O–H groups in total. The van der Waals surface area contributed by atoms with Gasteiger partial charge in [0.2, 0.25) is 5.91 Å². The Bertz CT molecular complexity index is 928. The number of hydrogen-bond acceptors (Lipinski definition) is 6. The summed E-state index contributed by atoms with van der Waals surface area (Å²) in [6, 6.07) is 9.32. The molecule has 28 heavy (non-hydrogen) atoms. The molecule has 0 heterocycles. The Balaban J connectivity index is 1.94. The Labute approximate surface area is 168 Å². The zero-order valence-corrected chi connectivity index (χ0v) is 16.5. The monoisotopic (exact) mass is 448 g/mol. The van der Waals surface area contributed by atoms with Gasteiger partial charge in [-0.2, -0.15) is 5.10 Å². The van der Waals surface area contributed by atoms with Crippen molar-refractivity contribution < 1.29 is 24.2 Å². The molecule has 0 aromatic heterocycles. The molecule has 2 rings (SSSR count). The van der Waals surface area contributed by atoms with Crippen LogP contribution in [0.5, 0.6) is 11.5 Å². The summed E-state index contributed by atoms with van der Waals surface area (Å²) in [5.74, 6) is -1.93. The molecular weight excluding hydrogens is 432 g/mol. The van der Waals surface area contributed by atoms with E-state index in [1.807, 2.05) is 0 Å². The van der Waals surface area contributed by atoms with Gasteiger partial charge in [-0.3, -0.25) is 14.4 Å². The maximum absolute atomic E-state index is 11.9. The number of ether oxygens (including phenoxy) is 1. The zero-order chi connectivity index (χ0) is 20.7. The molecule has 10 heteroatoms. The highest BCUT2D eigenvalue weighted by Crippen LogP contribution is 2.34. The van der Waals surface area contributed by atoms with E-state index in [4.69, 9.17) is 4.74 Å². The minimum absolute atomic E-state index is 0.0624. The molecule has 0 bridgehead atoms. The van der Waals surface area contributed by atoms with Gasteiger partial charge in [0.1, 0.15) is 0 Å². The van der Waals surface area contributed by atoms with Crippen molar-refractivity contribution in [2.75, 3.05) is 17.7 Å². The van der Waals surface area contributed by atoms with Crippen molar-refractivity contribution >= 4 is 51.2 Å². The van der Waals surface area contributed by atoms with E-state index in [-0.39, 0.29) is 17.4 Å². The largest absolute Gasteiger partial charge is 0.503 e. The standard InChI is InChI=1S/C18H17BrN4O5/c1-10(24)21-12-3-5-13(6-4-12)22-17(26)18(27)23-20-9-11-7-14(19)16(25)15(8-11)28-2/h3-9,25H,1-2H3,(H,21,24)(H,22,26)(H,23,27)/b20-9+. The van der Waals surface area contributed by atoms with Gasteiger partial charge >= 0.3 is 11.8 Å². The lowest BCUT2D eigenvalue weighted by atomic mass is 10.2. The number of nitrogens with zero attached hydrogens (tertiary/aromatic N) is 1. The minimum Gasteiger partial charge on any atom is -0.503 e. The number of phenolic OH excluding ortho intramolecular Hbond substituents is 1. The number of nitrogens with one attached hydrogen (secondary N) is 3. The predicted octanol–water partition coefficient (Wildman–Crippen LogP) is 2.21. The van der Waals surface area contributed by atoms with Crippen LogP contribution in [0.3, 0.4) is 0 Å². The van der Waals surface area contributed by atoms with Gasteiger partial charge in [0, 0.05) is 18.3 Å². The number of rotatable bonds is 5. The van der Waals surface area contributed by atoms with E-state index in [0.717, 1.165) is 0 Å². The summed E-state index contributed by atoms with van der Waals surface area (Å²) in [6.07, 6.45) is 1.29. The number of aromatic hydroxyl groups is 1. The van der Waals surface area contributed by atoms with Crippen molar-refractivity contribution in [3.05, 3.63) is 46.4 Å². The number of anilines is 2. The first-order valence-electron chi connectivity index (χ1n) is 7.88. The van der Waals surface area contributed by atoms with Crippen molar-refractivity contribution in [2.24, 2.45) is 5.10 Å². The van der Waals surface area contributed by atoms with Crippen LogP contribution >= 0.6 is 15.9 Å². The molecule has 0 fully saturated rings. The minimum atomic E-state index is -0.966. The van der Waals surface area contributed by atoms with E-state index in [1.165, 1.54) is 26.3 Å². The van der Waals surface area contributed by atoms with Gasteiger partial charge in [0.15, 0.2) is 11.5 Å². The fourth-order valence-corrected chi connectivity index (χ4v) is 2.53. The quantitative estimate of drug-likeness (QED) is 0.316. The first-order chi connectivity index (χ1) is 13.3. The Morgan fingerprint density at radius 3 is 2.25 bits per heavy atom. The highest BCUT2D eigenvalue weighted by molar-refractivity contribution is 9.10. The molecule has 146 valence electrons. The highest BCUT2D eigenvalue weighted by Gasteiger charge is 2.13. The van der Waals surface area contributed by atoms with Crippen LogP contribution in [0.15, 0.2) is 46.0 Å². The Hall–Kier alpha value is -3.40. The number of carbonyl (C=O) groups excluding carboxylic acids is 3. The second-order valence-corrected chi connectivity index (χ2v) is 6.32. The third-order valence-corrected chi connectivity index (χ3v) is 3.92. The molecule has 0 aliphatic carbocycles. The van der Waals surface area contributed by atoms with Gasteiger partial charge in [-0.25, -0.2) is 5.43 Å². The zero-order valence-electron chi connectivity index (χ0n) is 14.9. The molecule has 0 aliphatic rings. The van der Waals surface area contributed by atoms with E-state index in [2.05, 4.69) is 37.1 Å². The second kappa shape index (κ2) is 9.51. The average Bonchev–Trinajstić information content (AvgIpc) is 2.65. The van der Waals surface area contributed by atoms with Crippen molar-refractivity contribution in [1.82, 2.24) is 5.43 Å². The summed E-state index contributed by atoms with van der Waals surface area (Å²) >= 11 is 3.17. The van der Waals surface area contributed by atoms with Crippen LogP contribution in [0, 0.1) is 0 Å². The Kier molecular flexibility index (Phi) is 7.10. The van der Waals surface area contributed by atoms with Crippen LogP contribution in [-0.2, 0) is 14.4 Å². The van der Waals surface area contributed by atoms with Crippen LogP contribution in [0.25, 0.3) is 0 Å². The van der Waals surface area contributed by atoms with E-state index in [0.29, 0.717) is 21.4 Å². The number of halogens is 1. The summed E-state index contributed by atoms with van der Waals surface area (Å²) < 4.78 is 5.40. The third-order valence-electron chi connectivity index (χ3n) is 3.32. The van der Waals surface area contributed by atoms with Crippen LogP contribution < -0.4 is 20.8 Å². The molecule has 2 aromatic carbocycles. The molecule has 0 saturated carbocycles. The molecule has 0 radical (unpaired) electrons. The Morgan fingerprint density at radius 1 is 1.07 bits per heavy atom. The number of hydrogen-bond donors (Lipinski definition) is 4. The van der Waals surface area contributed by atoms with E-state index >= 15 is 0 Å². The van der Waals surface area contributed by atoms with Crippen LogP contribution in [0.1, 0.15) is 12.5 Å². The number of carbonyl (C=O) groups is 3. The molecule has 9 nitrogen and oxygen atoms in total. The van der Waals surface area contributed by atoms with Crippen LogP contribution in [-0.4, -0.2) is 36.2 Å². The molecule has 3 amide bonds. The van der Waals surface area contributed by atoms with Gasteiger partial charge in [-0.15, -0.1) is 0 Å². The second-order valence-electron chi connectivity index (χ2n) is 5.47. The van der Waals surface area contributed by atoms with Crippen molar-refractivity contribution in [2.45, 2.75) is 6.92 Å². The number of phenols is 1. The average molecular weight is 449 g/mol. The normalized spacial score (nSPS) is 10.4. The first kappa shape index (κ1) is 20.9. The Morgan fingerprint density at radius 2 is 1.68 bits per heavy atom. The van der Waals surface area contributed by atoms with Gasteiger partial charge in [-0.05, 0) is 57.9 Å². The molecule has 0 saturated heterocycles. The lowest BCUT2D eigenvalue weighted by Crippen LogP contribution is -2.32. The lowest BCUT2D eigenvalue weighted by molar-refractivity contribution is -0.136. The molecule has 0 atom stereocenters. The van der Waals surface area contributed by atoms with Crippen LogP contribution in [0.2, 0.25) is 0 Å². The molecular formula is C18H17BrN4O5. The van der Waals surface area contributed by atoms with E-state index < -0.39 is 11.8 Å².